The van der Waals surface area contributed by atoms with E-state index in [0.29, 0.717) is 11.6 Å². The molecule has 0 radical (unpaired) electrons. The Morgan fingerprint density at radius 1 is 0.900 bits per heavy atom. The van der Waals surface area contributed by atoms with Crippen LogP contribution in [0.1, 0.15) is 31.9 Å². The molecule has 0 fully saturated rings. The molecule has 0 heterocycles. The van der Waals surface area contributed by atoms with E-state index in [-0.39, 0.29) is 0 Å². The van der Waals surface area contributed by atoms with Crippen molar-refractivity contribution in [3.8, 4) is 11.1 Å². The Morgan fingerprint density at radius 2 is 1.50 bits per heavy atom. The van der Waals surface area contributed by atoms with Gasteiger partial charge in [-0.2, -0.15) is 0 Å². The first-order valence-electron chi connectivity index (χ1n) is 6.93. The number of hydrogen-bond donors (Lipinski definition) is 1. The topological polar surface area (TPSA) is 12.0 Å². The molecule has 2 aromatic rings. The van der Waals surface area contributed by atoms with E-state index < -0.39 is 11.6 Å². The highest BCUT2D eigenvalue weighted by atomic mass is 19.1. The Bertz CT molecular complexity index is 543. The molecular weight excluding hydrogens is 256 g/mol. The number of rotatable bonds is 5. The van der Waals surface area contributed by atoms with Crippen LogP contribution in [-0.2, 0) is 0 Å². The van der Waals surface area contributed by atoms with Crippen molar-refractivity contribution in [3.05, 3.63) is 59.7 Å². The van der Waals surface area contributed by atoms with Crippen LogP contribution in [0.3, 0.4) is 0 Å². The third-order valence-corrected chi connectivity index (χ3v) is 3.37. The SMILES string of the molecule is CCNC(CC)c1ccc(-c2cc(F)cc(F)c2)cc1. The normalized spacial score (nSPS) is 12.4. The summed E-state index contributed by atoms with van der Waals surface area (Å²) < 4.78 is 26.5. The van der Waals surface area contributed by atoms with Crippen LogP contribution in [0.25, 0.3) is 11.1 Å². The molecule has 1 atom stereocenters. The van der Waals surface area contributed by atoms with Gasteiger partial charge >= 0.3 is 0 Å². The summed E-state index contributed by atoms with van der Waals surface area (Å²) in [4.78, 5) is 0. The maximum Gasteiger partial charge on any atom is 0.126 e. The van der Waals surface area contributed by atoms with Gasteiger partial charge in [0.15, 0.2) is 0 Å². The standard InChI is InChI=1S/C17H19F2N/c1-3-17(20-4-2)13-7-5-12(6-8-13)14-9-15(18)11-16(19)10-14/h5-11,17,20H,3-4H2,1-2H3. The van der Waals surface area contributed by atoms with Crippen molar-refractivity contribution in [2.24, 2.45) is 0 Å². The average Bonchev–Trinajstić information content (AvgIpc) is 2.44. The maximum atomic E-state index is 13.2. The first-order valence-corrected chi connectivity index (χ1v) is 6.93. The molecule has 1 unspecified atom stereocenters. The van der Waals surface area contributed by atoms with Gasteiger partial charge < -0.3 is 5.32 Å². The third kappa shape index (κ3) is 3.42. The molecule has 1 N–H and O–H groups in total. The lowest BCUT2D eigenvalue weighted by atomic mass is 9.99. The smallest absolute Gasteiger partial charge is 0.126 e. The minimum Gasteiger partial charge on any atom is -0.310 e. The highest BCUT2D eigenvalue weighted by Crippen LogP contribution is 2.24. The molecule has 20 heavy (non-hydrogen) atoms. The molecule has 0 aromatic heterocycles. The Morgan fingerprint density at radius 3 is 2.00 bits per heavy atom. The Balaban J connectivity index is 2.27. The summed E-state index contributed by atoms with van der Waals surface area (Å²) in [6.45, 7) is 5.12. The molecule has 0 amide bonds. The Hall–Kier alpha value is -1.74. The lowest BCUT2D eigenvalue weighted by molar-refractivity contribution is 0.537. The van der Waals surface area contributed by atoms with Crippen LogP contribution >= 0.6 is 0 Å². The van der Waals surface area contributed by atoms with Crippen molar-refractivity contribution in [1.82, 2.24) is 5.32 Å². The summed E-state index contributed by atoms with van der Waals surface area (Å²) in [5.41, 5.74) is 2.57. The van der Waals surface area contributed by atoms with E-state index >= 15 is 0 Å². The quantitative estimate of drug-likeness (QED) is 0.834. The van der Waals surface area contributed by atoms with E-state index in [1.54, 1.807) is 0 Å². The first kappa shape index (κ1) is 14.7. The van der Waals surface area contributed by atoms with E-state index in [9.17, 15) is 8.78 Å². The van der Waals surface area contributed by atoms with Crippen LogP contribution in [0.4, 0.5) is 8.78 Å². The molecule has 0 aliphatic carbocycles. The number of hydrogen-bond acceptors (Lipinski definition) is 1. The molecule has 0 saturated heterocycles. The molecule has 0 aliphatic heterocycles. The summed E-state index contributed by atoms with van der Waals surface area (Å²) in [7, 11) is 0. The summed E-state index contributed by atoms with van der Waals surface area (Å²) in [5.74, 6) is -1.11. The second-order valence-electron chi connectivity index (χ2n) is 4.80. The summed E-state index contributed by atoms with van der Waals surface area (Å²) in [6.07, 6.45) is 1.00. The Labute approximate surface area is 118 Å². The Kier molecular flexibility index (Phi) is 4.85. The summed E-state index contributed by atoms with van der Waals surface area (Å²) in [6, 6.07) is 11.7. The fourth-order valence-electron chi connectivity index (χ4n) is 2.37. The molecule has 0 bridgehead atoms. The monoisotopic (exact) mass is 275 g/mol. The van der Waals surface area contributed by atoms with Crippen molar-refractivity contribution in [1.29, 1.82) is 0 Å². The summed E-state index contributed by atoms with van der Waals surface area (Å²) in [5, 5.41) is 3.41. The number of benzene rings is 2. The van der Waals surface area contributed by atoms with Gasteiger partial charge in [0.2, 0.25) is 0 Å². The van der Waals surface area contributed by atoms with Gasteiger partial charge in [0.05, 0.1) is 0 Å². The molecule has 2 aromatic carbocycles. The first-order chi connectivity index (χ1) is 9.63. The highest BCUT2D eigenvalue weighted by molar-refractivity contribution is 5.63. The van der Waals surface area contributed by atoms with E-state index in [4.69, 9.17) is 0 Å². The zero-order valence-electron chi connectivity index (χ0n) is 11.8. The van der Waals surface area contributed by atoms with E-state index in [0.717, 1.165) is 24.6 Å². The van der Waals surface area contributed by atoms with Crippen LogP contribution in [-0.4, -0.2) is 6.54 Å². The zero-order valence-corrected chi connectivity index (χ0v) is 11.8. The second kappa shape index (κ2) is 6.62. The lowest BCUT2D eigenvalue weighted by Crippen LogP contribution is -2.19. The second-order valence-corrected chi connectivity index (χ2v) is 4.80. The molecule has 0 aliphatic rings. The predicted octanol–water partition coefficient (Wildman–Crippen LogP) is 4.69. The van der Waals surface area contributed by atoms with Gasteiger partial charge in [-0.3, -0.25) is 0 Å². The van der Waals surface area contributed by atoms with Crippen molar-refractivity contribution >= 4 is 0 Å². The van der Waals surface area contributed by atoms with Gasteiger partial charge in [-0.05, 0) is 41.8 Å². The van der Waals surface area contributed by atoms with Crippen LogP contribution in [0, 0.1) is 11.6 Å². The van der Waals surface area contributed by atoms with Crippen molar-refractivity contribution in [2.75, 3.05) is 6.54 Å². The fourth-order valence-corrected chi connectivity index (χ4v) is 2.37. The largest absolute Gasteiger partial charge is 0.310 e. The van der Waals surface area contributed by atoms with Gasteiger partial charge in [0.25, 0.3) is 0 Å². The van der Waals surface area contributed by atoms with Gasteiger partial charge in [-0.1, -0.05) is 38.1 Å². The van der Waals surface area contributed by atoms with Crippen LogP contribution in [0.2, 0.25) is 0 Å². The lowest BCUT2D eigenvalue weighted by Gasteiger charge is -2.16. The van der Waals surface area contributed by atoms with Crippen LogP contribution < -0.4 is 5.32 Å². The minimum absolute atomic E-state index is 0.318. The fraction of sp³-hybridized carbons (Fsp3) is 0.294. The van der Waals surface area contributed by atoms with Gasteiger partial charge in [0, 0.05) is 12.1 Å². The van der Waals surface area contributed by atoms with Gasteiger partial charge in [-0.25, -0.2) is 8.78 Å². The highest BCUT2D eigenvalue weighted by Gasteiger charge is 2.08. The molecule has 2 rings (SSSR count). The minimum atomic E-state index is -0.553. The van der Waals surface area contributed by atoms with Gasteiger partial charge in [-0.15, -0.1) is 0 Å². The van der Waals surface area contributed by atoms with Crippen molar-refractivity contribution in [3.63, 3.8) is 0 Å². The molecule has 1 nitrogen and oxygen atoms in total. The molecule has 0 saturated carbocycles. The molecule has 3 heteroatoms. The van der Waals surface area contributed by atoms with E-state index in [1.165, 1.54) is 17.7 Å². The van der Waals surface area contributed by atoms with Crippen molar-refractivity contribution < 1.29 is 8.78 Å². The molecule has 0 spiro atoms. The van der Waals surface area contributed by atoms with Crippen LogP contribution in [0.5, 0.6) is 0 Å². The molecule has 106 valence electrons. The third-order valence-electron chi connectivity index (χ3n) is 3.37. The average molecular weight is 275 g/mol. The molecular formula is C17H19F2N. The number of nitrogens with one attached hydrogen (secondary N) is 1. The van der Waals surface area contributed by atoms with E-state index in [2.05, 4.69) is 19.2 Å². The predicted molar refractivity (Wildman–Crippen MR) is 78.5 cm³/mol. The van der Waals surface area contributed by atoms with E-state index in [1.807, 2.05) is 24.3 Å². The summed E-state index contributed by atoms with van der Waals surface area (Å²) >= 11 is 0. The van der Waals surface area contributed by atoms with Gasteiger partial charge in [0.1, 0.15) is 11.6 Å². The number of halogens is 2. The zero-order chi connectivity index (χ0) is 14.5. The van der Waals surface area contributed by atoms with Crippen LogP contribution in [0.15, 0.2) is 42.5 Å². The van der Waals surface area contributed by atoms with Crippen molar-refractivity contribution in [2.45, 2.75) is 26.3 Å². The maximum absolute atomic E-state index is 13.2.